The van der Waals surface area contributed by atoms with Crippen molar-refractivity contribution >= 4 is 0 Å². The highest BCUT2D eigenvalue weighted by molar-refractivity contribution is 5.02. The van der Waals surface area contributed by atoms with E-state index in [4.69, 9.17) is 10.5 Å². The van der Waals surface area contributed by atoms with E-state index in [1.165, 1.54) is 51.5 Å². The van der Waals surface area contributed by atoms with Crippen LogP contribution in [0.15, 0.2) is 0 Å². The van der Waals surface area contributed by atoms with Crippen LogP contribution in [-0.4, -0.2) is 42.8 Å². The first kappa shape index (κ1) is 11.9. The zero-order chi connectivity index (χ0) is 11.7. The van der Waals surface area contributed by atoms with Gasteiger partial charge in [-0.2, -0.15) is 0 Å². The fourth-order valence-electron chi connectivity index (χ4n) is 4.34. The fraction of sp³-hybridized carbons (Fsp3) is 1.00. The van der Waals surface area contributed by atoms with Gasteiger partial charge in [-0.25, -0.2) is 0 Å². The predicted molar refractivity (Wildman–Crippen MR) is 68.9 cm³/mol. The molecule has 0 aromatic carbocycles. The van der Waals surface area contributed by atoms with Gasteiger partial charge in [-0.05, 0) is 44.6 Å². The molecule has 2 N–H and O–H groups in total. The van der Waals surface area contributed by atoms with Crippen LogP contribution in [0, 0.1) is 5.92 Å². The number of hydrogen-bond donors (Lipinski definition) is 1. The topological polar surface area (TPSA) is 38.5 Å². The SMILES string of the molecule is NCC1(N2CCC3CCCCC32)CCCOC1. The van der Waals surface area contributed by atoms with E-state index in [0.29, 0.717) is 0 Å². The van der Waals surface area contributed by atoms with E-state index in [1.54, 1.807) is 0 Å². The lowest BCUT2D eigenvalue weighted by atomic mass is 9.82. The second-order valence-electron chi connectivity index (χ2n) is 6.18. The Hall–Kier alpha value is -0.120. The number of fused-ring (bicyclic) bond motifs is 1. The zero-order valence-corrected chi connectivity index (χ0v) is 10.9. The fourth-order valence-corrected chi connectivity index (χ4v) is 4.34. The molecule has 0 radical (unpaired) electrons. The molecule has 3 heteroatoms. The van der Waals surface area contributed by atoms with Crippen molar-refractivity contribution in [2.75, 3.05) is 26.3 Å². The van der Waals surface area contributed by atoms with Crippen molar-refractivity contribution in [1.29, 1.82) is 0 Å². The summed E-state index contributed by atoms with van der Waals surface area (Å²) < 4.78 is 5.75. The molecule has 3 atom stereocenters. The summed E-state index contributed by atoms with van der Waals surface area (Å²) in [6.07, 6.45) is 9.53. The molecule has 3 aliphatic rings. The zero-order valence-electron chi connectivity index (χ0n) is 10.9. The third-order valence-electron chi connectivity index (χ3n) is 5.30. The second-order valence-corrected chi connectivity index (χ2v) is 6.18. The van der Waals surface area contributed by atoms with Crippen LogP contribution in [0.5, 0.6) is 0 Å². The maximum atomic E-state index is 6.12. The first-order chi connectivity index (χ1) is 8.36. The van der Waals surface area contributed by atoms with Gasteiger partial charge in [0.15, 0.2) is 0 Å². The summed E-state index contributed by atoms with van der Waals surface area (Å²) in [6, 6.07) is 0.814. The maximum absolute atomic E-state index is 6.12. The molecule has 1 saturated carbocycles. The lowest BCUT2D eigenvalue weighted by Crippen LogP contribution is -2.60. The van der Waals surface area contributed by atoms with Crippen molar-refractivity contribution in [3.05, 3.63) is 0 Å². The van der Waals surface area contributed by atoms with Crippen molar-refractivity contribution in [3.63, 3.8) is 0 Å². The second kappa shape index (κ2) is 4.87. The third-order valence-corrected chi connectivity index (χ3v) is 5.30. The van der Waals surface area contributed by atoms with Gasteiger partial charge in [0.25, 0.3) is 0 Å². The molecule has 17 heavy (non-hydrogen) atoms. The molecule has 0 aromatic heterocycles. The summed E-state index contributed by atoms with van der Waals surface area (Å²) in [5, 5.41) is 0. The van der Waals surface area contributed by atoms with E-state index in [1.807, 2.05) is 0 Å². The van der Waals surface area contributed by atoms with Gasteiger partial charge in [0.2, 0.25) is 0 Å². The predicted octanol–water partition coefficient (Wildman–Crippen LogP) is 1.76. The normalized spacial score (nSPS) is 43.6. The molecule has 2 heterocycles. The number of ether oxygens (including phenoxy) is 1. The summed E-state index contributed by atoms with van der Waals surface area (Å²) >= 11 is 0. The van der Waals surface area contributed by atoms with Gasteiger partial charge in [-0.1, -0.05) is 12.8 Å². The van der Waals surface area contributed by atoms with Gasteiger partial charge in [-0.3, -0.25) is 4.90 Å². The van der Waals surface area contributed by atoms with Crippen LogP contribution in [0.3, 0.4) is 0 Å². The number of nitrogens with two attached hydrogens (primary N) is 1. The highest BCUT2D eigenvalue weighted by Gasteiger charge is 2.46. The molecule has 0 spiro atoms. The van der Waals surface area contributed by atoms with Crippen LogP contribution in [0.4, 0.5) is 0 Å². The summed E-state index contributed by atoms with van der Waals surface area (Å²) in [6.45, 7) is 3.84. The molecule has 0 aromatic rings. The largest absolute Gasteiger partial charge is 0.379 e. The van der Waals surface area contributed by atoms with Crippen molar-refractivity contribution in [3.8, 4) is 0 Å². The molecular formula is C14H26N2O. The summed E-state index contributed by atoms with van der Waals surface area (Å²) in [5.41, 5.74) is 6.29. The number of rotatable bonds is 2. The summed E-state index contributed by atoms with van der Waals surface area (Å²) in [4.78, 5) is 2.75. The smallest absolute Gasteiger partial charge is 0.0662 e. The minimum atomic E-state index is 0.176. The lowest BCUT2D eigenvalue weighted by Gasteiger charge is -2.48. The minimum absolute atomic E-state index is 0.176. The molecule has 3 nitrogen and oxygen atoms in total. The quantitative estimate of drug-likeness (QED) is 0.796. The molecule has 3 unspecified atom stereocenters. The summed E-state index contributed by atoms with van der Waals surface area (Å²) in [7, 11) is 0. The monoisotopic (exact) mass is 238 g/mol. The lowest BCUT2D eigenvalue weighted by molar-refractivity contribution is -0.0576. The molecule has 3 fully saturated rings. The molecule has 98 valence electrons. The minimum Gasteiger partial charge on any atom is -0.379 e. The first-order valence-electron chi connectivity index (χ1n) is 7.40. The highest BCUT2D eigenvalue weighted by atomic mass is 16.5. The standard InChI is InChI=1S/C14H26N2O/c15-10-14(7-3-9-17-11-14)16-8-6-12-4-1-2-5-13(12)16/h12-13H,1-11,15H2. The van der Waals surface area contributed by atoms with E-state index in [9.17, 15) is 0 Å². The molecule has 0 bridgehead atoms. The molecule has 1 aliphatic carbocycles. The Kier molecular flexibility index (Phi) is 3.42. The average molecular weight is 238 g/mol. The average Bonchev–Trinajstić information content (AvgIpc) is 2.84. The number of hydrogen-bond acceptors (Lipinski definition) is 3. The van der Waals surface area contributed by atoms with Crippen molar-refractivity contribution < 1.29 is 4.74 Å². The van der Waals surface area contributed by atoms with Crippen LogP contribution in [0.1, 0.15) is 44.9 Å². The van der Waals surface area contributed by atoms with Gasteiger partial charge >= 0.3 is 0 Å². The van der Waals surface area contributed by atoms with Crippen molar-refractivity contribution in [1.82, 2.24) is 4.90 Å². The van der Waals surface area contributed by atoms with Crippen LogP contribution >= 0.6 is 0 Å². The molecule has 0 amide bonds. The Morgan fingerprint density at radius 3 is 2.82 bits per heavy atom. The first-order valence-corrected chi connectivity index (χ1v) is 7.40. The van der Waals surface area contributed by atoms with E-state index in [0.717, 1.165) is 31.7 Å². The van der Waals surface area contributed by atoms with E-state index >= 15 is 0 Å². The van der Waals surface area contributed by atoms with Crippen LogP contribution in [0.2, 0.25) is 0 Å². The van der Waals surface area contributed by atoms with Gasteiger partial charge in [-0.15, -0.1) is 0 Å². The number of likely N-dealkylation sites (tertiary alicyclic amines) is 1. The maximum Gasteiger partial charge on any atom is 0.0662 e. The molecule has 3 rings (SSSR count). The van der Waals surface area contributed by atoms with E-state index in [-0.39, 0.29) is 5.54 Å². The van der Waals surface area contributed by atoms with Gasteiger partial charge in [0.05, 0.1) is 12.1 Å². The molecular weight excluding hydrogens is 212 g/mol. The Bertz CT molecular complexity index is 263. The van der Waals surface area contributed by atoms with Crippen LogP contribution < -0.4 is 5.73 Å². The Balaban J connectivity index is 1.77. The van der Waals surface area contributed by atoms with Gasteiger partial charge in [0, 0.05) is 19.2 Å². The van der Waals surface area contributed by atoms with Gasteiger partial charge < -0.3 is 10.5 Å². The van der Waals surface area contributed by atoms with E-state index in [2.05, 4.69) is 4.90 Å². The van der Waals surface area contributed by atoms with Gasteiger partial charge in [0.1, 0.15) is 0 Å². The highest BCUT2D eigenvalue weighted by Crippen LogP contribution is 2.41. The Morgan fingerprint density at radius 2 is 2.06 bits per heavy atom. The Morgan fingerprint density at radius 1 is 1.18 bits per heavy atom. The van der Waals surface area contributed by atoms with Crippen LogP contribution in [0.25, 0.3) is 0 Å². The van der Waals surface area contributed by atoms with Crippen molar-refractivity contribution in [2.24, 2.45) is 11.7 Å². The third kappa shape index (κ3) is 2.02. The Labute approximate surface area is 105 Å². The number of nitrogens with zero attached hydrogens (tertiary/aromatic N) is 1. The van der Waals surface area contributed by atoms with Crippen molar-refractivity contribution in [2.45, 2.75) is 56.5 Å². The summed E-state index contributed by atoms with van der Waals surface area (Å²) in [5.74, 6) is 0.953. The molecule has 2 aliphatic heterocycles. The van der Waals surface area contributed by atoms with Crippen LogP contribution in [-0.2, 0) is 4.74 Å². The van der Waals surface area contributed by atoms with E-state index < -0.39 is 0 Å². The molecule has 2 saturated heterocycles.